The van der Waals surface area contributed by atoms with Crippen molar-refractivity contribution < 1.29 is 27.4 Å². The van der Waals surface area contributed by atoms with Gasteiger partial charge in [-0.3, -0.25) is 0 Å². The van der Waals surface area contributed by atoms with Crippen LogP contribution < -0.4 is 4.74 Å². The van der Waals surface area contributed by atoms with Gasteiger partial charge < -0.3 is 13.9 Å². The van der Waals surface area contributed by atoms with E-state index in [0.29, 0.717) is 39.1 Å². The zero-order valence-corrected chi connectivity index (χ0v) is 15.4. The van der Waals surface area contributed by atoms with Gasteiger partial charge in [0, 0.05) is 11.6 Å². The minimum absolute atomic E-state index is 0.323. The lowest BCUT2D eigenvalue weighted by atomic mass is 10.1. The smallest absolute Gasteiger partial charge is 0.416 e. The number of nitrogens with zero attached hydrogens (tertiary/aromatic N) is 2. The molecule has 0 atom stereocenters. The summed E-state index contributed by atoms with van der Waals surface area (Å²) in [4.78, 5) is 16.5. The van der Waals surface area contributed by atoms with Crippen LogP contribution in [0.4, 0.5) is 13.2 Å². The van der Waals surface area contributed by atoms with Crippen LogP contribution in [0, 0.1) is 0 Å². The van der Waals surface area contributed by atoms with Crippen LogP contribution in [0.5, 0.6) is 5.75 Å². The van der Waals surface area contributed by atoms with Crippen LogP contribution in [0.3, 0.4) is 0 Å². The SMILES string of the molecule is COC(=O)c1ccc2c(c1)nc(-c1ccc(C(F)(F)F)cc1)c1cc(OC)cn12. The molecule has 2 aromatic heterocycles. The summed E-state index contributed by atoms with van der Waals surface area (Å²) in [5.41, 5.74) is 2.44. The lowest BCUT2D eigenvalue weighted by molar-refractivity contribution is -0.137. The van der Waals surface area contributed by atoms with Gasteiger partial charge in [-0.1, -0.05) is 12.1 Å². The number of carbonyl (C=O) groups is 1. The van der Waals surface area contributed by atoms with Crippen molar-refractivity contribution in [3.8, 4) is 17.0 Å². The summed E-state index contributed by atoms with van der Waals surface area (Å²) >= 11 is 0. The van der Waals surface area contributed by atoms with Gasteiger partial charge in [-0.05, 0) is 30.3 Å². The zero-order chi connectivity index (χ0) is 20.8. The van der Waals surface area contributed by atoms with E-state index in [9.17, 15) is 18.0 Å². The number of esters is 1. The van der Waals surface area contributed by atoms with Gasteiger partial charge in [-0.15, -0.1) is 0 Å². The average Bonchev–Trinajstić information content (AvgIpc) is 3.16. The van der Waals surface area contributed by atoms with Gasteiger partial charge in [0.05, 0.1) is 53.8 Å². The zero-order valence-electron chi connectivity index (χ0n) is 15.4. The van der Waals surface area contributed by atoms with Crippen LogP contribution in [-0.4, -0.2) is 29.6 Å². The van der Waals surface area contributed by atoms with Gasteiger partial charge in [0.1, 0.15) is 5.75 Å². The van der Waals surface area contributed by atoms with E-state index in [0.717, 1.165) is 12.1 Å². The lowest BCUT2D eigenvalue weighted by Gasteiger charge is -2.11. The third-order valence-electron chi connectivity index (χ3n) is 4.65. The number of fused-ring (bicyclic) bond motifs is 3. The molecule has 0 bridgehead atoms. The van der Waals surface area contributed by atoms with E-state index in [-0.39, 0.29) is 0 Å². The number of rotatable bonds is 3. The third kappa shape index (κ3) is 3.26. The molecule has 0 aliphatic heterocycles. The first kappa shape index (κ1) is 18.8. The van der Waals surface area contributed by atoms with Crippen LogP contribution in [-0.2, 0) is 10.9 Å². The Morgan fingerprint density at radius 1 is 1.00 bits per heavy atom. The number of carbonyl (C=O) groups excluding carboxylic acids is 1. The Kier molecular flexibility index (Phi) is 4.41. The fourth-order valence-electron chi connectivity index (χ4n) is 3.20. The molecule has 8 heteroatoms. The second-order valence-corrected chi connectivity index (χ2v) is 6.37. The molecule has 0 fully saturated rings. The molecule has 148 valence electrons. The Morgan fingerprint density at radius 3 is 2.34 bits per heavy atom. The van der Waals surface area contributed by atoms with Crippen LogP contribution in [0.25, 0.3) is 27.8 Å². The number of alkyl halides is 3. The van der Waals surface area contributed by atoms with E-state index >= 15 is 0 Å². The summed E-state index contributed by atoms with van der Waals surface area (Å²) in [6.07, 6.45) is -2.66. The molecular weight excluding hydrogens is 385 g/mol. The van der Waals surface area contributed by atoms with E-state index in [1.165, 1.54) is 26.4 Å². The van der Waals surface area contributed by atoms with Crippen molar-refractivity contribution in [3.05, 3.63) is 65.9 Å². The van der Waals surface area contributed by atoms with Crippen LogP contribution in [0.1, 0.15) is 15.9 Å². The Hall–Kier alpha value is -3.55. The largest absolute Gasteiger partial charge is 0.495 e. The first-order valence-electron chi connectivity index (χ1n) is 8.57. The highest BCUT2D eigenvalue weighted by Crippen LogP contribution is 2.34. The topological polar surface area (TPSA) is 52.8 Å². The van der Waals surface area contributed by atoms with Crippen LogP contribution >= 0.6 is 0 Å². The summed E-state index contributed by atoms with van der Waals surface area (Å²) in [7, 11) is 2.81. The third-order valence-corrected chi connectivity index (χ3v) is 4.65. The van der Waals surface area contributed by atoms with Crippen molar-refractivity contribution in [3.63, 3.8) is 0 Å². The Morgan fingerprint density at radius 2 is 1.72 bits per heavy atom. The number of benzene rings is 2. The fraction of sp³-hybridized carbons (Fsp3) is 0.143. The van der Waals surface area contributed by atoms with Gasteiger partial charge in [0.25, 0.3) is 0 Å². The first-order chi connectivity index (χ1) is 13.8. The molecule has 2 aromatic carbocycles. The number of hydrogen-bond acceptors (Lipinski definition) is 4. The van der Waals surface area contributed by atoms with Crippen LogP contribution in [0.15, 0.2) is 54.7 Å². The molecule has 0 N–H and O–H groups in total. The van der Waals surface area contributed by atoms with E-state index in [2.05, 4.69) is 4.98 Å². The van der Waals surface area contributed by atoms with E-state index in [1.54, 1.807) is 30.5 Å². The summed E-state index contributed by atoms with van der Waals surface area (Å²) in [6, 6.07) is 11.5. The first-order valence-corrected chi connectivity index (χ1v) is 8.57. The molecule has 5 nitrogen and oxygen atoms in total. The molecule has 29 heavy (non-hydrogen) atoms. The Labute approximate surface area is 163 Å². The van der Waals surface area contributed by atoms with E-state index in [4.69, 9.17) is 9.47 Å². The molecule has 0 aliphatic rings. The van der Waals surface area contributed by atoms with Crippen molar-refractivity contribution in [2.75, 3.05) is 14.2 Å². The van der Waals surface area contributed by atoms with Gasteiger partial charge in [0.15, 0.2) is 0 Å². The van der Waals surface area contributed by atoms with Crippen molar-refractivity contribution in [2.45, 2.75) is 6.18 Å². The number of aromatic nitrogens is 2. The predicted octanol–water partition coefficient (Wildman–Crippen LogP) is 4.97. The molecule has 0 saturated carbocycles. The normalized spacial score (nSPS) is 11.8. The average molecular weight is 400 g/mol. The summed E-state index contributed by atoms with van der Waals surface area (Å²) in [5.74, 6) is 0.0690. The van der Waals surface area contributed by atoms with E-state index in [1.807, 2.05) is 4.40 Å². The molecule has 0 radical (unpaired) electrons. The van der Waals surface area contributed by atoms with Gasteiger partial charge in [-0.2, -0.15) is 13.2 Å². The van der Waals surface area contributed by atoms with Gasteiger partial charge in [0.2, 0.25) is 0 Å². The standard InChI is InChI=1S/C21H15F3N2O3/c1-28-15-10-18-19(12-3-6-14(7-4-12)21(22,23)24)25-16-9-13(20(27)29-2)5-8-17(16)26(18)11-15/h3-11H,1-2H3. The maximum absolute atomic E-state index is 12.9. The number of halogens is 3. The van der Waals surface area contributed by atoms with Crippen molar-refractivity contribution in [2.24, 2.45) is 0 Å². The molecule has 0 aliphatic carbocycles. The van der Waals surface area contributed by atoms with Crippen LogP contribution in [0.2, 0.25) is 0 Å². The molecule has 0 spiro atoms. The molecule has 0 amide bonds. The Bertz CT molecular complexity index is 1230. The number of methoxy groups -OCH3 is 2. The van der Waals surface area contributed by atoms with Crippen molar-refractivity contribution >= 4 is 22.5 Å². The molecule has 0 unspecified atom stereocenters. The van der Waals surface area contributed by atoms with Gasteiger partial charge >= 0.3 is 12.1 Å². The summed E-state index contributed by atoms with van der Waals surface area (Å²) < 4.78 is 50.6. The number of ether oxygens (including phenoxy) is 2. The van der Waals surface area contributed by atoms with Gasteiger partial charge in [-0.25, -0.2) is 9.78 Å². The van der Waals surface area contributed by atoms with Crippen molar-refractivity contribution in [1.29, 1.82) is 0 Å². The molecule has 4 aromatic rings. The number of hydrogen-bond donors (Lipinski definition) is 0. The maximum atomic E-state index is 12.9. The quantitative estimate of drug-likeness (QED) is 0.456. The fourth-order valence-corrected chi connectivity index (χ4v) is 3.20. The maximum Gasteiger partial charge on any atom is 0.416 e. The monoisotopic (exact) mass is 400 g/mol. The second-order valence-electron chi connectivity index (χ2n) is 6.37. The predicted molar refractivity (Wildman–Crippen MR) is 101 cm³/mol. The van der Waals surface area contributed by atoms with Crippen molar-refractivity contribution in [1.82, 2.24) is 9.38 Å². The summed E-state index contributed by atoms with van der Waals surface area (Å²) in [6.45, 7) is 0. The molecule has 4 rings (SSSR count). The minimum atomic E-state index is -4.42. The molecule has 2 heterocycles. The molecule has 0 saturated heterocycles. The molecular formula is C21H15F3N2O3. The van der Waals surface area contributed by atoms with E-state index < -0.39 is 17.7 Å². The highest BCUT2D eigenvalue weighted by Gasteiger charge is 2.30. The summed E-state index contributed by atoms with van der Waals surface area (Å²) in [5, 5.41) is 0. The lowest BCUT2D eigenvalue weighted by Crippen LogP contribution is -2.04. The highest BCUT2D eigenvalue weighted by molar-refractivity contribution is 5.95. The highest BCUT2D eigenvalue weighted by atomic mass is 19.4. The minimum Gasteiger partial charge on any atom is -0.495 e. The second kappa shape index (κ2) is 6.80. The Balaban J connectivity index is 1.97.